The quantitative estimate of drug-likeness (QED) is 0.512. The van der Waals surface area contributed by atoms with Crippen molar-refractivity contribution in [3.8, 4) is 0 Å². The van der Waals surface area contributed by atoms with Gasteiger partial charge < -0.3 is 4.98 Å². The van der Waals surface area contributed by atoms with Gasteiger partial charge in [0.05, 0.1) is 0 Å². The Kier molecular flexibility index (Phi) is 5.14. The van der Waals surface area contributed by atoms with Gasteiger partial charge in [-0.15, -0.1) is 11.8 Å². The molecular weight excluding hydrogens is 340 g/mol. The zero-order chi connectivity index (χ0) is 17.9. The first-order valence-electron chi connectivity index (χ1n) is 9.20. The molecule has 1 aromatic heterocycles. The van der Waals surface area contributed by atoms with Gasteiger partial charge in [-0.3, -0.25) is 9.69 Å². The number of aromatic nitrogens is 1. The number of rotatable bonds is 5. The molecule has 0 bridgehead atoms. The molecule has 4 rings (SSSR count). The Morgan fingerprint density at radius 2 is 2.00 bits per heavy atom. The number of thioether (sulfide) groups is 1. The van der Waals surface area contributed by atoms with Crippen LogP contribution in [-0.4, -0.2) is 35.0 Å². The second-order valence-electron chi connectivity index (χ2n) is 7.03. The van der Waals surface area contributed by atoms with Crippen molar-refractivity contribution in [1.82, 2.24) is 9.88 Å². The molecule has 1 atom stereocenters. The molecule has 2 heterocycles. The Morgan fingerprint density at radius 1 is 1.19 bits per heavy atom. The fraction of sp³-hybridized carbons (Fsp3) is 0.318. The fourth-order valence-corrected chi connectivity index (χ4v) is 4.32. The van der Waals surface area contributed by atoms with Gasteiger partial charge in [0.2, 0.25) is 0 Å². The largest absolute Gasteiger partial charge is 0.361 e. The number of hydrogen-bond donors (Lipinski definition) is 1. The average molecular weight is 365 g/mol. The SMILES string of the molecule is CSc1ccc(C(=O)[C@@H]2CCCN(Cc3c[nH]c4ccccc34)C2)cc1. The van der Waals surface area contributed by atoms with E-state index in [4.69, 9.17) is 0 Å². The highest BCUT2D eigenvalue weighted by Crippen LogP contribution is 2.25. The van der Waals surface area contributed by atoms with E-state index in [-0.39, 0.29) is 5.92 Å². The predicted molar refractivity (Wildman–Crippen MR) is 109 cm³/mol. The lowest BCUT2D eigenvalue weighted by Crippen LogP contribution is -2.38. The van der Waals surface area contributed by atoms with Gasteiger partial charge in [-0.2, -0.15) is 0 Å². The molecule has 4 heteroatoms. The lowest BCUT2D eigenvalue weighted by Gasteiger charge is -2.32. The molecule has 1 aliphatic heterocycles. The molecule has 1 fully saturated rings. The molecule has 0 amide bonds. The Morgan fingerprint density at radius 3 is 2.81 bits per heavy atom. The molecule has 1 saturated heterocycles. The minimum Gasteiger partial charge on any atom is -0.361 e. The van der Waals surface area contributed by atoms with Gasteiger partial charge in [0, 0.05) is 46.6 Å². The second-order valence-corrected chi connectivity index (χ2v) is 7.91. The molecule has 2 aromatic carbocycles. The molecule has 0 saturated carbocycles. The number of Topliss-reactive ketones (excluding diaryl/α,β-unsaturated/α-hetero) is 1. The summed E-state index contributed by atoms with van der Waals surface area (Å²) in [5.41, 5.74) is 3.35. The molecule has 0 unspecified atom stereocenters. The smallest absolute Gasteiger partial charge is 0.167 e. The number of likely N-dealkylation sites (tertiary alicyclic amines) is 1. The van der Waals surface area contributed by atoms with Crippen molar-refractivity contribution in [1.29, 1.82) is 0 Å². The minimum absolute atomic E-state index is 0.106. The van der Waals surface area contributed by atoms with Crippen molar-refractivity contribution in [3.05, 3.63) is 65.9 Å². The number of nitrogens with one attached hydrogen (secondary N) is 1. The molecule has 26 heavy (non-hydrogen) atoms. The van der Waals surface area contributed by atoms with Crippen LogP contribution in [0.15, 0.2) is 59.6 Å². The Labute approximate surface area is 158 Å². The van der Waals surface area contributed by atoms with Crippen LogP contribution in [0, 0.1) is 5.92 Å². The Balaban J connectivity index is 1.45. The van der Waals surface area contributed by atoms with E-state index in [1.165, 1.54) is 21.4 Å². The van der Waals surface area contributed by atoms with Crippen molar-refractivity contribution in [3.63, 3.8) is 0 Å². The number of fused-ring (bicyclic) bond motifs is 1. The highest BCUT2D eigenvalue weighted by Gasteiger charge is 2.27. The summed E-state index contributed by atoms with van der Waals surface area (Å²) in [7, 11) is 0. The summed E-state index contributed by atoms with van der Waals surface area (Å²) in [5.74, 6) is 0.398. The van der Waals surface area contributed by atoms with Crippen LogP contribution in [0.2, 0.25) is 0 Å². The number of carbonyl (C=O) groups excluding carboxylic acids is 1. The molecule has 134 valence electrons. The van der Waals surface area contributed by atoms with Gasteiger partial charge in [-0.25, -0.2) is 0 Å². The summed E-state index contributed by atoms with van der Waals surface area (Å²) in [5, 5.41) is 1.29. The van der Waals surface area contributed by atoms with Crippen LogP contribution < -0.4 is 0 Å². The average Bonchev–Trinajstić information content (AvgIpc) is 3.11. The second kappa shape index (κ2) is 7.68. The number of carbonyl (C=O) groups is 1. The number of nitrogens with zero attached hydrogens (tertiary/aromatic N) is 1. The maximum atomic E-state index is 12.9. The van der Waals surface area contributed by atoms with Crippen LogP contribution in [0.1, 0.15) is 28.8 Å². The van der Waals surface area contributed by atoms with E-state index in [0.29, 0.717) is 5.78 Å². The highest BCUT2D eigenvalue weighted by molar-refractivity contribution is 7.98. The monoisotopic (exact) mass is 364 g/mol. The van der Waals surface area contributed by atoms with Crippen LogP contribution in [0.4, 0.5) is 0 Å². The van der Waals surface area contributed by atoms with Gasteiger partial charge in [0.25, 0.3) is 0 Å². The number of benzene rings is 2. The molecule has 3 nitrogen and oxygen atoms in total. The first-order chi connectivity index (χ1) is 12.7. The van der Waals surface area contributed by atoms with Crippen molar-refractivity contribution in [2.24, 2.45) is 5.92 Å². The number of para-hydroxylation sites is 1. The molecule has 1 N–H and O–H groups in total. The Hall–Kier alpha value is -2.04. The third-order valence-electron chi connectivity index (χ3n) is 5.32. The number of hydrogen-bond acceptors (Lipinski definition) is 3. The van der Waals surface area contributed by atoms with Gasteiger partial charge >= 0.3 is 0 Å². The first kappa shape index (κ1) is 17.4. The summed E-state index contributed by atoms with van der Waals surface area (Å²) in [6.07, 6.45) is 6.24. The van der Waals surface area contributed by atoms with E-state index in [0.717, 1.165) is 38.0 Å². The summed E-state index contributed by atoms with van der Waals surface area (Å²) >= 11 is 1.71. The van der Waals surface area contributed by atoms with E-state index in [1.807, 2.05) is 24.3 Å². The van der Waals surface area contributed by atoms with E-state index < -0.39 is 0 Å². The van der Waals surface area contributed by atoms with Gasteiger partial charge in [0.1, 0.15) is 0 Å². The fourth-order valence-electron chi connectivity index (χ4n) is 3.91. The van der Waals surface area contributed by atoms with Gasteiger partial charge in [0.15, 0.2) is 5.78 Å². The third kappa shape index (κ3) is 3.57. The molecular formula is C22H24N2OS. The molecule has 0 spiro atoms. The number of aromatic amines is 1. The standard InChI is InChI=1S/C22H24N2OS/c1-26-19-10-8-16(9-11-19)22(25)17-5-4-12-24(14-17)15-18-13-23-21-7-3-2-6-20(18)21/h2-3,6-11,13,17,23H,4-5,12,14-15H2,1H3/t17-/m1/s1. The topological polar surface area (TPSA) is 36.1 Å². The van der Waals surface area contributed by atoms with Crippen LogP contribution in [-0.2, 0) is 6.54 Å². The summed E-state index contributed by atoms with van der Waals surface area (Å²) in [4.78, 5) is 19.9. The number of H-pyrrole nitrogens is 1. The molecule has 0 aliphatic carbocycles. The summed E-state index contributed by atoms with van der Waals surface area (Å²) in [6.45, 7) is 2.82. The van der Waals surface area contributed by atoms with Crippen molar-refractivity contribution in [2.45, 2.75) is 24.3 Å². The Bertz CT molecular complexity index is 900. The van der Waals surface area contributed by atoms with E-state index in [9.17, 15) is 4.79 Å². The molecule has 1 aliphatic rings. The maximum Gasteiger partial charge on any atom is 0.167 e. The molecule has 0 radical (unpaired) electrons. The normalized spacial score (nSPS) is 18.3. The molecule has 3 aromatic rings. The van der Waals surface area contributed by atoms with Crippen LogP contribution in [0.5, 0.6) is 0 Å². The highest BCUT2D eigenvalue weighted by atomic mass is 32.2. The zero-order valence-electron chi connectivity index (χ0n) is 15.1. The van der Waals surface area contributed by atoms with Gasteiger partial charge in [-0.1, -0.05) is 30.3 Å². The lowest BCUT2D eigenvalue weighted by atomic mass is 9.90. The van der Waals surface area contributed by atoms with Crippen molar-refractivity contribution >= 4 is 28.4 Å². The number of piperidine rings is 1. The van der Waals surface area contributed by atoms with E-state index in [1.54, 1.807) is 11.8 Å². The first-order valence-corrected chi connectivity index (χ1v) is 10.4. The van der Waals surface area contributed by atoms with E-state index in [2.05, 4.69) is 46.6 Å². The third-order valence-corrected chi connectivity index (χ3v) is 6.06. The summed E-state index contributed by atoms with van der Waals surface area (Å²) < 4.78 is 0. The van der Waals surface area contributed by atoms with Crippen molar-refractivity contribution < 1.29 is 4.79 Å². The van der Waals surface area contributed by atoms with Crippen LogP contribution in [0.3, 0.4) is 0 Å². The summed E-state index contributed by atoms with van der Waals surface area (Å²) in [6, 6.07) is 16.5. The van der Waals surface area contributed by atoms with Crippen LogP contribution >= 0.6 is 11.8 Å². The number of ketones is 1. The minimum atomic E-state index is 0.106. The van der Waals surface area contributed by atoms with Crippen LogP contribution in [0.25, 0.3) is 10.9 Å². The lowest BCUT2D eigenvalue weighted by molar-refractivity contribution is 0.0812. The van der Waals surface area contributed by atoms with Gasteiger partial charge in [-0.05, 0) is 49.4 Å². The van der Waals surface area contributed by atoms with E-state index >= 15 is 0 Å². The zero-order valence-corrected chi connectivity index (χ0v) is 15.9. The van der Waals surface area contributed by atoms with Crippen molar-refractivity contribution in [2.75, 3.05) is 19.3 Å². The maximum absolute atomic E-state index is 12.9. The predicted octanol–water partition coefficient (Wildman–Crippen LogP) is 4.98.